The summed E-state index contributed by atoms with van der Waals surface area (Å²) in [5.74, 6) is -1.04. The highest BCUT2D eigenvalue weighted by Gasteiger charge is 2.59. The topological polar surface area (TPSA) is 97.7 Å². The number of amides is 3. The third kappa shape index (κ3) is 4.03. The molecule has 1 aromatic heterocycles. The number of halogens is 1. The summed E-state index contributed by atoms with van der Waals surface area (Å²) in [6, 6.07) is 13.4. The van der Waals surface area contributed by atoms with Crippen molar-refractivity contribution < 1.29 is 19.1 Å². The van der Waals surface area contributed by atoms with Crippen molar-refractivity contribution in [1.82, 2.24) is 4.57 Å². The van der Waals surface area contributed by atoms with Gasteiger partial charge in [-0.25, -0.2) is 4.90 Å². The number of aromatic nitrogens is 1. The third-order valence-electron chi connectivity index (χ3n) is 6.46. The fraction of sp³-hybridized carbons (Fsp3) is 0.280. The third-order valence-corrected chi connectivity index (χ3v) is 9.54. The Morgan fingerprint density at radius 2 is 1.72 bits per heavy atom. The number of anilines is 2. The Morgan fingerprint density at radius 3 is 2.36 bits per heavy atom. The van der Waals surface area contributed by atoms with E-state index in [4.69, 9.17) is 16.3 Å². The highest BCUT2D eigenvalue weighted by molar-refractivity contribution is 8.00. The number of hydrogen-bond acceptors (Lipinski definition) is 7. The average molecular weight is 544 g/mol. The molecule has 3 amide bonds. The molecular formula is C25H22ClN3O5S2. The van der Waals surface area contributed by atoms with E-state index >= 15 is 0 Å². The smallest absolute Gasteiger partial charge is 0.308 e. The van der Waals surface area contributed by atoms with Gasteiger partial charge in [-0.2, -0.15) is 0 Å². The SMILES string of the molecule is COc1ccc(N2C(=O)[C@H]3Sc4c(sc(=O)n4CC(=O)Nc4ccc(Cl)cc4)C(C)(C)[C@H]3C2=O)cc1. The molecule has 0 spiro atoms. The molecule has 0 unspecified atom stereocenters. The molecule has 36 heavy (non-hydrogen) atoms. The largest absolute Gasteiger partial charge is 0.497 e. The minimum Gasteiger partial charge on any atom is -0.497 e. The van der Waals surface area contributed by atoms with Crippen LogP contribution in [0.4, 0.5) is 11.4 Å². The van der Waals surface area contributed by atoms with Crippen molar-refractivity contribution in [3.05, 3.63) is 68.1 Å². The molecule has 186 valence electrons. The van der Waals surface area contributed by atoms with E-state index in [1.807, 2.05) is 13.8 Å². The van der Waals surface area contributed by atoms with Crippen LogP contribution in [0.1, 0.15) is 18.7 Å². The number of nitrogens with zero attached hydrogens (tertiary/aromatic N) is 2. The van der Waals surface area contributed by atoms with E-state index in [1.165, 1.54) is 21.2 Å². The number of methoxy groups -OCH3 is 1. The Morgan fingerprint density at radius 1 is 1.06 bits per heavy atom. The van der Waals surface area contributed by atoms with E-state index in [0.717, 1.165) is 11.3 Å². The maximum Gasteiger partial charge on any atom is 0.308 e. The van der Waals surface area contributed by atoms with Crippen molar-refractivity contribution in [3.63, 3.8) is 0 Å². The van der Waals surface area contributed by atoms with Gasteiger partial charge in [0, 0.05) is 21.0 Å². The molecule has 2 aliphatic heterocycles. The van der Waals surface area contributed by atoms with Crippen LogP contribution in [0.15, 0.2) is 58.4 Å². The number of ether oxygens (including phenoxy) is 1. The van der Waals surface area contributed by atoms with E-state index in [1.54, 1.807) is 55.6 Å². The molecule has 3 heterocycles. The lowest BCUT2D eigenvalue weighted by molar-refractivity contribution is -0.123. The fourth-order valence-corrected chi connectivity index (χ4v) is 7.79. The van der Waals surface area contributed by atoms with Crippen molar-refractivity contribution in [2.24, 2.45) is 5.92 Å². The molecule has 1 fully saturated rings. The predicted molar refractivity (Wildman–Crippen MR) is 140 cm³/mol. The Hall–Kier alpha value is -3.08. The lowest BCUT2D eigenvalue weighted by Crippen LogP contribution is -2.41. The maximum atomic E-state index is 13.5. The van der Waals surface area contributed by atoms with E-state index in [2.05, 4.69) is 5.32 Å². The standard InChI is InChI=1S/C25H22ClN3O5S2/c1-25(2)18-19(22(32)29(21(18)31)15-8-10-16(34-3)11-9-15)35-23-20(25)36-24(33)28(23)12-17(30)27-14-6-4-13(26)5-7-14/h4-11,18-19H,12H2,1-3H3,(H,27,30)/t18-,19+/m1/s1. The number of thioether (sulfide) groups is 1. The first kappa shape index (κ1) is 24.6. The molecule has 8 nitrogen and oxygen atoms in total. The molecule has 2 aliphatic rings. The van der Waals surface area contributed by atoms with E-state index in [0.29, 0.717) is 32.1 Å². The van der Waals surface area contributed by atoms with Gasteiger partial charge in [0.05, 0.1) is 23.7 Å². The van der Waals surface area contributed by atoms with Crippen molar-refractivity contribution in [3.8, 4) is 5.75 Å². The summed E-state index contributed by atoms with van der Waals surface area (Å²) in [6.07, 6.45) is 0. The molecule has 2 aromatic carbocycles. The highest BCUT2D eigenvalue weighted by Crippen LogP contribution is 2.54. The first-order chi connectivity index (χ1) is 17.1. The van der Waals surface area contributed by atoms with Gasteiger partial charge in [-0.15, -0.1) is 0 Å². The summed E-state index contributed by atoms with van der Waals surface area (Å²) in [7, 11) is 1.54. The Kier molecular flexibility index (Phi) is 6.22. The lowest BCUT2D eigenvalue weighted by atomic mass is 9.76. The van der Waals surface area contributed by atoms with Crippen LogP contribution in [0.5, 0.6) is 5.75 Å². The number of imide groups is 1. The van der Waals surface area contributed by atoms with Gasteiger partial charge in [-0.1, -0.05) is 48.5 Å². The molecule has 1 saturated heterocycles. The second-order valence-corrected chi connectivity index (χ2v) is 11.6. The van der Waals surface area contributed by atoms with Gasteiger partial charge >= 0.3 is 4.87 Å². The summed E-state index contributed by atoms with van der Waals surface area (Å²) >= 11 is 8.10. The number of nitrogens with one attached hydrogen (secondary N) is 1. The van der Waals surface area contributed by atoms with Crippen molar-refractivity contribution in [2.45, 2.75) is 36.1 Å². The van der Waals surface area contributed by atoms with Gasteiger partial charge in [0.1, 0.15) is 17.5 Å². The predicted octanol–water partition coefficient (Wildman–Crippen LogP) is 4.15. The second-order valence-electron chi connectivity index (χ2n) is 9.09. The van der Waals surface area contributed by atoms with Crippen LogP contribution in [0.25, 0.3) is 0 Å². The minimum atomic E-state index is -0.777. The molecule has 0 aliphatic carbocycles. The van der Waals surface area contributed by atoms with Gasteiger partial charge in [-0.3, -0.25) is 23.7 Å². The molecule has 0 radical (unpaired) electrons. The second kappa shape index (κ2) is 9.10. The van der Waals surface area contributed by atoms with Gasteiger partial charge in [-0.05, 0) is 48.5 Å². The van der Waals surface area contributed by atoms with E-state index < -0.39 is 16.6 Å². The number of rotatable bonds is 5. The first-order valence-corrected chi connectivity index (χ1v) is 13.2. The zero-order valence-electron chi connectivity index (χ0n) is 19.6. The molecule has 0 bridgehead atoms. The Bertz CT molecular complexity index is 1430. The number of carbonyl (C=O) groups is 3. The Labute approximate surface area is 220 Å². The molecular weight excluding hydrogens is 522 g/mol. The summed E-state index contributed by atoms with van der Waals surface area (Å²) in [4.78, 5) is 54.3. The van der Waals surface area contributed by atoms with E-state index in [9.17, 15) is 19.2 Å². The molecule has 3 aromatic rings. The molecule has 5 rings (SSSR count). The van der Waals surface area contributed by atoms with Crippen LogP contribution in [-0.2, 0) is 26.3 Å². The molecule has 11 heteroatoms. The van der Waals surface area contributed by atoms with Crippen molar-refractivity contribution >= 4 is 63.8 Å². The van der Waals surface area contributed by atoms with Gasteiger partial charge in [0.2, 0.25) is 17.7 Å². The summed E-state index contributed by atoms with van der Waals surface area (Å²) < 4.78 is 6.57. The maximum absolute atomic E-state index is 13.5. The normalized spacial score (nSPS) is 20.2. The Balaban J connectivity index is 1.45. The molecule has 2 atom stereocenters. The number of hydrogen-bond donors (Lipinski definition) is 1. The first-order valence-electron chi connectivity index (χ1n) is 11.1. The van der Waals surface area contributed by atoms with Crippen LogP contribution in [-0.4, -0.2) is 34.6 Å². The number of benzene rings is 2. The fourth-order valence-electron chi connectivity index (χ4n) is 4.63. The zero-order valence-corrected chi connectivity index (χ0v) is 22.0. The molecule has 1 N–H and O–H groups in total. The highest BCUT2D eigenvalue weighted by atomic mass is 35.5. The van der Waals surface area contributed by atoms with Crippen molar-refractivity contribution in [1.29, 1.82) is 0 Å². The van der Waals surface area contributed by atoms with E-state index in [-0.39, 0.29) is 29.1 Å². The number of fused-ring (bicyclic) bond motifs is 2. The van der Waals surface area contributed by atoms with Gasteiger partial charge in [0.15, 0.2) is 0 Å². The van der Waals surface area contributed by atoms with Crippen molar-refractivity contribution in [2.75, 3.05) is 17.3 Å². The number of carbonyl (C=O) groups excluding carboxylic acids is 3. The monoisotopic (exact) mass is 543 g/mol. The zero-order chi connectivity index (χ0) is 25.8. The van der Waals surface area contributed by atoms with Crippen LogP contribution in [0.3, 0.4) is 0 Å². The van der Waals surface area contributed by atoms with Crippen LogP contribution in [0, 0.1) is 5.92 Å². The lowest BCUT2D eigenvalue weighted by Gasteiger charge is -2.36. The van der Waals surface area contributed by atoms with Crippen LogP contribution < -0.4 is 19.8 Å². The molecule has 0 saturated carbocycles. The minimum absolute atomic E-state index is 0.210. The van der Waals surface area contributed by atoms with Crippen LogP contribution >= 0.6 is 34.7 Å². The van der Waals surface area contributed by atoms with Gasteiger partial charge < -0.3 is 10.1 Å². The number of thiazole rings is 1. The van der Waals surface area contributed by atoms with Crippen LogP contribution in [0.2, 0.25) is 5.02 Å². The summed E-state index contributed by atoms with van der Waals surface area (Å²) in [5, 5.41) is 3.15. The summed E-state index contributed by atoms with van der Waals surface area (Å²) in [5.41, 5.74) is 0.252. The van der Waals surface area contributed by atoms with Gasteiger partial charge in [0.25, 0.3) is 0 Å². The quantitative estimate of drug-likeness (QED) is 0.485. The summed E-state index contributed by atoms with van der Waals surface area (Å²) in [6.45, 7) is 3.54. The average Bonchev–Trinajstić information content (AvgIpc) is 3.29.